The number of nitrogens with one attached hydrogen (secondary N) is 1. The quantitative estimate of drug-likeness (QED) is 0.866. The maximum atomic E-state index is 12.4. The van der Waals surface area contributed by atoms with Crippen LogP contribution < -0.4 is 10.1 Å². The first-order valence-electron chi connectivity index (χ1n) is 8.09. The predicted molar refractivity (Wildman–Crippen MR) is 83.1 cm³/mol. The van der Waals surface area contributed by atoms with E-state index in [1.54, 1.807) is 10.9 Å². The maximum absolute atomic E-state index is 12.4. The molecule has 0 unspecified atom stereocenters. The maximum Gasteiger partial charge on any atom is 0.271 e. The van der Waals surface area contributed by atoms with Gasteiger partial charge in [-0.2, -0.15) is 5.10 Å². The Labute approximate surface area is 134 Å². The summed E-state index contributed by atoms with van der Waals surface area (Å²) in [7, 11) is 0. The van der Waals surface area contributed by atoms with Gasteiger partial charge in [0, 0.05) is 13.1 Å². The van der Waals surface area contributed by atoms with Crippen LogP contribution in [0.25, 0.3) is 0 Å². The highest BCUT2D eigenvalue weighted by Gasteiger charge is 2.31. The number of ether oxygens (including phenoxy) is 1. The van der Waals surface area contributed by atoms with Crippen LogP contribution in [0.15, 0.2) is 18.6 Å². The highest BCUT2D eigenvalue weighted by atomic mass is 16.5. The third kappa shape index (κ3) is 3.35. The molecule has 1 N–H and O–H groups in total. The zero-order valence-electron chi connectivity index (χ0n) is 13.5. The fourth-order valence-electron chi connectivity index (χ4n) is 2.89. The molecule has 8 heteroatoms. The van der Waals surface area contributed by atoms with Crippen LogP contribution >= 0.6 is 0 Å². The normalized spacial score (nSPS) is 20.6. The molecule has 0 saturated heterocycles. The van der Waals surface area contributed by atoms with Gasteiger partial charge in [0.1, 0.15) is 11.8 Å². The summed E-state index contributed by atoms with van der Waals surface area (Å²) in [5.74, 6) is 0.597. The van der Waals surface area contributed by atoms with Crippen LogP contribution in [0.3, 0.4) is 0 Å². The molecule has 1 fully saturated rings. The number of hydrogen-bond acceptors (Lipinski definition) is 5. The number of aromatic nitrogens is 5. The van der Waals surface area contributed by atoms with Gasteiger partial charge in [0.25, 0.3) is 5.91 Å². The van der Waals surface area contributed by atoms with Gasteiger partial charge in [-0.3, -0.25) is 9.48 Å². The van der Waals surface area contributed by atoms with Gasteiger partial charge in [-0.1, -0.05) is 5.21 Å². The molecule has 1 amide bonds. The molecule has 0 aromatic carbocycles. The molecule has 3 rings (SSSR count). The van der Waals surface area contributed by atoms with E-state index in [-0.39, 0.29) is 18.1 Å². The summed E-state index contributed by atoms with van der Waals surface area (Å²) >= 11 is 0. The Hall–Kier alpha value is -2.38. The van der Waals surface area contributed by atoms with Crippen LogP contribution in [0.4, 0.5) is 0 Å². The molecule has 1 aliphatic rings. The molecule has 23 heavy (non-hydrogen) atoms. The van der Waals surface area contributed by atoms with Gasteiger partial charge in [-0.05, 0) is 33.1 Å². The molecular formula is C15H22N6O2. The Balaban J connectivity index is 1.63. The number of aryl methyl sites for hydroxylation is 2. The number of carbonyl (C=O) groups excluding carboxylic acids is 1. The second-order valence-corrected chi connectivity index (χ2v) is 5.63. The van der Waals surface area contributed by atoms with E-state index in [1.807, 2.05) is 24.7 Å². The van der Waals surface area contributed by atoms with E-state index in [9.17, 15) is 4.79 Å². The second kappa shape index (κ2) is 6.80. The van der Waals surface area contributed by atoms with Crippen LogP contribution in [0.5, 0.6) is 5.75 Å². The Morgan fingerprint density at radius 3 is 2.96 bits per heavy atom. The number of amides is 1. The number of rotatable bonds is 6. The minimum atomic E-state index is -0.151. The topological polar surface area (TPSA) is 86.9 Å². The number of nitrogens with zero attached hydrogens (tertiary/aromatic N) is 5. The molecule has 2 aromatic rings. The van der Waals surface area contributed by atoms with Gasteiger partial charge in [-0.25, -0.2) is 4.68 Å². The lowest BCUT2D eigenvalue weighted by atomic mass is 10.2. The molecule has 1 aliphatic carbocycles. The van der Waals surface area contributed by atoms with Crippen LogP contribution in [0.1, 0.15) is 43.6 Å². The molecule has 0 aliphatic heterocycles. The van der Waals surface area contributed by atoms with Crippen molar-refractivity contribution >= 4 is 5.91 Å². The van der Waals surface area contributed by atoms with E-state index in [0.717, 1.165) is 31.6 Å². The smallest absolute Gasteiger partial charge is 0.271 e. The van der Waals surface area contributed by atoms with Gasteiger partial charge in [-0.15, -0.1) is 5.10 Å². The zero-order valence-corrected chi connectivity index (χ0v) is 13.5. The van der Waals surface area contributed by atoms with Gasteiger partial charge < -0.3 is 10.1 Å². The molecular weight excluding hydrogens is 296 g/mol. The lowest BCUT2D eigenvalue weighted by molar-refractivity contribution is 0.0883. The van der Waals surface area contributed by atoms with E-state index in [2.05, 4.69) is 20.7 Å². The van der Waals surface area contributed by atoms with Crippen LogP contribution in [-0.2, 0) is 13.1 Å². The highest BCUT2D eigenvalue weighted by molar-refractivity contribution is 5.92. The number of hydrogen-bond donors (Lipinski definition) is 1. The lowest BCUT2D eigenvalue weighted by Gasteiger charge is -2.21. The fourth-order valence-corrected chi connectivity index (χ4v) is 2.89. The monoisotopic (exact) mass is 318 g/mol. The van der Waals surface area contributed by atoms with E-state index >= 15 is 0 Å². The van der Waals surface area contributed by atoms with Crippen molar-refractivity contribution in [3.63, 3.8) is 0 Å². The molecule has 2 atom stereocenters. The van der Waals surface area contributed by atoms with E-state index < -0.39 is 0 Å². The SMILES string of the molecule is CCn1cc(O[C@@H]2CCC[C@@H]2NC(=O)c2cnnn2CC)cn1. The van der Waals surface area contributed by atoms with Crippen LogP contribution in [-0.4, -0.2) is 42.8 Å². The summed E-state index contributed by atoms with van der Waals surface area (Å²) < 4.78 is 9.42. The standard InChI is InChI=1S/C15H22N6O2/c1-3-20-10-11(8-17-20)23-14-7-5-6-12(14)18-15(22)13-9-16-19-21(13)4-2/h8-10,12,14H,3-7H2,1-2H3,(H,18,22)/t12-,14+/m0/s1. The van der Waals surface area contributed by atoms with E-state index in [4.69, 9.17) is 4.74 Å². The summed E-state index contributed by atoms with van der Waals surface area (Å²) in [6, 6.07) is -0.00678. The van der Waals surface area contributed by atoms with Crippen molar-refractivity contribution in [2.75, 3.05) is 0 Å². The largest absolute Gasteiger partial charge is 0.485 e. The fraction of sp³-hybridized carbons (Fsp3) is 0.600. The summed E-state index contributed by atoms with van der Waals surface area (Å²) in [4.78, 5) is 12.4. The van der Waals surface area contributed by atoms with Crippen molar-refractivity contribution < 1.29 is 9.53 Å². The average molecular weight is 318 g/mol. The zero-order chi connectivity index (χ0) is 16.2. The van der Waals surface area contributed by atoms with E-state index in [1.165, 1.54) is 6.20 Å². The first kappa shape index (κ1) is 15.5. The van der Waals surface area contributed by atoms with Crippen molar-refractivity contribution in [1.82, 2.24) is 30.1 Å². The van der Waals surface area contributed by atoms with Gasteiger partial charge in [0.2, 0.25) is 0 Å². The predicted octanol–water partition coefficient (Wildman–Crippen LogP) is 1.24. The summed E-state index contributed by atoms with van der Waals surface area (Å²) in [5.41, 5.74) is 0.483. The third-order valence-electron chi connectivity index (χ3n) is 4.14. The molecule has 1 saturated carbocycles. The summed E-state index contributed by atoms with van der Waals surface area (Å²) in [6.07, 6.45) is 7.93. The first-order chi connectivity index (χ1) is 11.2. The lowest BCUT2D eigenvalue weighted by Crippen LogP contribution is -2.43. The Bertz CT molecular complexity index is 664. The van der Waals surface area contributed by atoms with Gasteiger partial charge in [0.05, 0.1) is 24.6 Å². The second-order valence-electron chi connectivity index (χ2n) is 5.63. The molecule has 2 aromatic heterocycles. The first-order valence-corrected chi connectivity index (χ1v) is 8.09. The summed E-state index contributed by atoms with van der Waals surface area (Å²) in [5, 5.41) is 15.0. The van der Waals surface area contributed by atoms with Crippen molar-refractivity contribution in [1.29, 1.82) is 0 Å². The highest BCUT2D eigenvalue weighted by Crippen LogP contribution is 2.24. The Morgan fingerprint density at radius 2 is 2.22 bits per heavy atom. The Morgan fingerprint density at radius 1 is 1.35 bits per heavy atom. The Kier molecular flexibility index (Phi) is 4.59. The molecule has 0 radical (unpaired) electrons. The van der Waals surface area contributed by atoms with Gasteiger partial charge >= 0.3 is 0 Å². The third-order valence-corrected chi connectivity index (χ3v) is 4.14. The minimum absolute atomic E-state index is 0.00678. The van der Waals surface area contributed by atoms with Crippen molar-refractivity contribution in [3.05, 3.63) is 24.3 Å². The molecule has 2 heterocycles. The van der Waals surface area contributed by atoms with Crippen LogP contribution in [0, 0.1) is 0 Å². The van der Waals surface area contributed by atoms with Crippen molar-refractivity contribution in [2.45, 2.75) is 58.3 Å². The summed E-state index contributed by atoms with van der Waals surface area (Å²) in [6.45, 7) is 5.38. The van der Waals surface area contributed by atoms with Crippen LogP contribution in [0.2, 0.25) is 0 Å². The van der Waals surface area contributed by atoms with Gasteiger partial charge in [0.15, 0.2) is 5.75 Å². The molecule has 0 spiro atoms. The van der Waals surface area contributed by atoms with Crippen molar-refractivity contribution in [2.24, 2.45) is 0 Å². The number of carbonyl (C=O) groups is 1. The molecule has 0 bridgehead atoms. The molecule has 124 valence electrons. The van der Waals surface area contributed by atoms with E-state index in [0.29, 0.717) is 12.2 Å². The average Bonchev–Trinajstić information content (AvgIpc) is 3.28. The minimum Gasteiger partial charge on any atom is -0.485 e. The van der Waals surface area contributed by atoms with Crippen molar-refractivity contribution in [3.8, 4) is 5.75 Å². The molecule has 8 nitrogen and oxygen atoms in total.